The zero-order chi connectivity index (χ0) is 9.26. The number of para-hydroxylation sites is 2. The molecule has 0 aromatic heterocycles. The summed E-state index contributed by atoms with van der Waals surface area (Å²) in [7, 11) is 0. The van der Waals surface area contributed by atoms with Crippen molar-refractivity contribution in [3.63, 3.8) is 0 Å². The summed E-state index contributed by atoms with van der Waals surface area (Å²) in [5.74, 6) is 1.45. The predicted octanol–water partition coefficient (Wildman–Crippen LogP) is 1.11. The molecule has 2 rings (SSSR count). The van der Waals surface area contributed by atoms with E-state index in [9.17, 15) is 0 Å². The summed E-state index contributed by atoms with van der Waals surface area (Å²) in [6, 6.07) is 7.46. The fourth-order valence-corrected chi connectivity index (χ4v) is 1.28. The monoisotopic (exact) mass is 195 g/mol. The maximum atomic E-state index is 5.50. The van der Waals surface area contributed by atoms with Gasteiger partial charge in [-0.15, -0.1) is 0 Å². The van der Waals surface area contributed by atoms with Crippen LogP contribution in [0.3, 0.4) is 0 Å². The van der Waals surface area contributed by atoms with E-state index in [0.29, 0.717) is 17.3 Å². The lowest BCUT2D eigenvalue weighted by molar-refractivity contribution is 0.135. The second kappa shape index (κ2) is 3.22. The van der Waals surface area contributed by atoms with Crippen LogP contribution in [0.2, 0.25) is 0 Å². The Morgan fingerprint density at radius 3 is 2.77 bits per heavy atom. The normalized spacial score (nSPS) is 19.5. The van der Waals surface area contributed by atoms with Gasteiger partial charge in [-0.3, -0.25) is 0 Å². The second-order valence-electron chi connectivity index (χ2n) is 2.77. The largest absolute Gasteiger partial charge is 0.485 e. The first-order valence-corrected chi connectivity index (χ1v) is 4.36. The molecule has 0 fully saturated rings. The average molecular weight is 195 g/mol. The predicted molar refractivity (Wildman–Crippen MR) is 53.1 cm³/mol. The molecule has 2 N–H and O–H groups in total. The third-order valence-electron chi connectivity index (χ3n) is 1.83. The van der Waals surface area contributed by atoms with Gasteiger partial charge in [0.05, 0.1) is 0 Å². The van der Waals surface area contributed by atoms with Crippen LogP contribution in [-0.4, -0.2) is 17.7 Å². The molecule has 13 heavy (non-hydrogen) atoms. The Bertz CT molecular complexity index is 340. The summed E-state index contributed by atoms with van der Waals surface area (Å²) < 4.78 is 10.9. The zero-order valence-electron chi connectivity index (χ0n) is 6.90. The molecule has 68 valence electrons. The molecule has 4 heteroatoms. The molecule has 1 aliphatic heterocycles. The van der Waals surface area contributed by atoms with Gasteiger partial charge in [-0.05, 0) is 12.1 Å². The van der Waals surface area contributed by atoms with Crippen LogP contribution in [0.4, 0.5) is 0 Å². The average Bonchev–Trinajstić information content (AvgIpc) is 2.17. The summed E-state index contributed by atoms with van der Waals surface area (Å²) in [4.78, 5) is 0.328. The van der Waals surface area contributed by atoms with Gasteiger partial charge in [0, 0.05) is 0 Å². The van der Waals surface area contributed by atoms with E-state index < -0.39 is 0 Å². The smallest absolute Gasteiger partial charge is 0.182 e. The third-order valence-corrected chi connectivity index (χ3v) is 2.09. The van der Waals surface area contributed by atoms with E-state index in [1.807, 2.05) is 24.3 Å². The van der Waals surface area contributed by atoms with Crippen molar-refractivity contribution in [1.82, 2.24) is 0 Å². The van der Waals surface area contributed by atoms with E-state index in [4.69, 9.17) is 27.4 Å². The molecule has 0 saturated heterocycles. The Kier molecular flexibility index (Phi) is 2.06. The first kappa shape index (κ1) is 8.31. The molecule has 0 spiro atoms. The van der Waals surface area contributed by atoms with Crippen LogP contribution in [0.1, 0.15) is 0 Å². The van der Waals surface area contributed by atoms with E-state index in [0.717, 1.165) is 5.75 Å². The van der Waals surface area contributed by atoms with Crippen LogP contribution < -0.4 is 15.2 Å². The van der Waals surface area contributed by atoms with E-state index in [-0.39, 0.29) is 6.10 Å². The van der Waals surface area contributed by atoms with Crippen LogP contribution in [0.5, 0.6) is 11.5 Å². The van der Waals surface area contributed by atoms with Crippen molar-refractivity contribution in [2.24, 2.45) is 5.73 Å². The summed E-state index contributed by atoms with van der Waals surface area (Å²) in [5.41, 5.74) is 5.45. The molecular formula is C9H9NO2S. The van der Waals surface area contributed by atoms with Crippen molar-refractivity contribution in [2.75, 3.05) is 6.61 Å². The molecule has 1 aliphatic rings. The number of nitrogens with two attached hydrogens (primary N) is 1. The molecule has 0 aliphatic carbocycles. The topological polar surface area (TPSA) is 44.5 Å². The number of benzene rings is 1. The van der Waals surface area contributed by atoms with Crippen molar-refractivity contribution in [1.29, 1.82) is 0 Å². The lowest BCUT2D eigenvalue weighted by atomic mass is 10.2. The maximum absolute atomic E-state index is 5.50. The molecule has 0 radical (unpaired) electrons. The Balaban J connectivity index is 2.24. The molecular weight excluding hydrogens is 186 g/mol. The number of ether oxygens (including phenoxy) is 2. The van der Waals surface area contributed by atoms with Gasteiger partial charge in [0.15, 0.2) is 17.6 Å². The molecule has 1 heterocycles. The van der Waals surface area contributed by atoms with Crippen molar-refractivity contribution < 1.29 is 9.47 Å². The summed E-state index contributed by atoms with van der Waals surface area (Å²) >= 11 is 4.82. The Morgan fingerprint density at radius 2 is 2.08 bits per heavy atom. The van der Waals surface area contributed by atoms with E-state index >= 15 is 0 Å². The number of rotatable bonds is 1. The lowest BCUT2D eigenvalue weighted by Gasteiger charge is -2.25. The highest BCUT2D eigenvalue weighted by Crippen LogP contribution is 2.30. The molecule has 0 saturated carbocycles. The Hall–Kier alpha value is -1.29. The van der Waals surface area contributed by atoms with Crippen molar-refractivity contribution in [2.45, 2.75) is 6.10 Å². The van der Waals surface area contributed by atoms with Crippen LogP contribution in [-0.2, 0) is 0 Å². The fourth-order valence-electron chi connectivity index (χ4n) is 1.16. The number of fused-ring (bicyclic) bond motifs is 1. The summed E-state index contributed by atoms with van der Waals surface area (Å²) in [6.07, 6.45) is -0.301. The van der Waals surface area contributed by atoms with Crippen LogP contribution >= 0.6 is 12.2 Å². The van der Waals surface area contributed by atoms with Gasteiger partial charge < -0.3 is 15.2 Å². The van der Waals surface area contributed by atoms with Gasteiger partial charge in [0.1, 0.15) is 11.6 Å². The van der Waals surface area contributed by atoms with E-state index in [2.05, 4.69) is 0 Å². The highest BCUT2D eigenvalue weighted by Gasteiger charge is 2.22. The SMILES string of the molecule is NC(=S)C1COc2ccccc2O1. The molecule has 1 unspecified atom stereocenters. The molecule has 0 bridgehead atoms. The minimum Gasteiger partial charge on any atom is -0.485 e. The van der Waals surface area contributed by atoms with Crippen molar-refractivity contribution in [3.8, 4) is 11.5 Å². The van der Waals surface area contributed by atoms with Crippen LogP contribution in [0.25, 0.3) is 0 Å². The second-order valence-corrected chi connectivity index (χ2v) is 3.24. The Morgan fingerprint density at radius 1 is 1.38 bits per heavy atom. The van der Waals surface area contributed by atoms with Crippen LogP contribution in [0.15, 0.2) is 24.3 Å². The quantitative estimate of drug-likeness (QED) is 0.682. The highest BCUT2D eigenvalue weighted by atomic mass is 32.1. The molecule has 3 nitrogen and oxygen atoms in total. The molecule has 0 amide bonds. The first-order chi connectivity index (χ1) is 6.27. The van der Waals surface area contributed by atoms with Gasteiger partial charge in [-0.25, -0.2) is 0 Å². The number of thiocarbonyl (C=S) groups is 1. The molecule has 1 aromatic carbocycles. The van der Waals surface area contributed by atoms with Crippen LogP contribution in [0, 0.1) is 0 Å². The fraction of sp³-hybridized carbons (Fsp3) is 0.222. The highest BCUT2D eigenvalue weighted by molar-refractivity contribution is 7.80. The molecule has 1 aromatic rings. The van der Waals surface area contributed by atoms with E-state index in [1.165, 1.54) is 0 Å². The minimum absolute atomic E-state index is 0.301. The third kappa shape index (κ3) is 1.58. The van der Waals surface area contributed by atoms with Gasteiger partial charge in [-0.2, -0.15) is 0 Å². The summed E-state index contributed by atoms with van der Waals surface area (Å²) in [5, 5.41) is 0. The number of hydrogen-bond acceptors (Lipinski definition) is 3. The zero-order valence-corrected chi connectivity index (χ0v) is 7.71. The van der Waals surface area contributed by atoms with Crippen molar-refractivity contribution >= 4 is 17.2 Å². The van der Waals surface area contributed by atoms with Gasteiger partial charge in [0.2, 0.25) is 0 Å². The maximum Gasteiger partial charge on any atom is 0.182 e. The minimum atomic E-state index is -0.301. The van der Waals surface area contributed by atoms with Crippen molar-refractivity contribution in [3.05, 3.63) is 24.3 Å². The van der Waals surface area contributed by atoms with Gasteiger partial charge >= 0.3 is 0 Å². The number of hydrogen-bond donors (Lipinski definition) is 1. The standard InChI is InChI=1S/C9H9NO2S/c10-9(13)8-5-11-6-3-1-2-4-7(6)12-8/h1-4,8H,5H2,(H2,10,13). The van der Waals surface area contributed by atoms with Gasteiger partial charge in [-0.1, -0.05) is 24.4 Å². The molecule has 1 atom stereocenters. The lowest BCUT2D eigenvalue weighted by Crippen LogP contribution is -2.39. The Labute approximate surface area is 81.4 Å². The van der Waals surface area contributed by atoms with E-state index in [1.54, 1.807) is 0 Å². The summed E-state index contributed by atoms with van der Waals surface area (Å²) in [6.45, 7) is 0.395. The first-order valence-electron chi connectivity index (χ1n) is 3.95. The van der Waals surface area contributed by atoms with Gasteiger partial charge in [0.25, 0.3) is 0 Å².